The first-order valence-electron chi connectivity index (χ1n) is 8.05. The summed E-state index contributed by atoms with van der Waals surface area (Å²) in [4.78, 5) is 11.8. The van der Waals surface area contributed by atoms with Gasteiger partial charge in [0.05, 0.1) is 0 Å². The maximum Gasteiger partial charge on any atom is 0.130 e. The molecule has 1 aromatic heterocycles. The van der Waals surface area contributed by atoms with Crippen molar-refractivity contribution in [1.82, 2.24) is 14.9 Å². The molecular formula is C16H26N4. The predicted molar refractivity (Wildman–Crippen MR) is 82.0 cm³/mol. The zero-order chi connectivity index (χ0) is 14.0. The fraction of sp³-hybridized carbons (Fsp3) is 0.750. The minimum Gasteiger partial charge on any atom is -0.368 e. The van der Waals surface area contributed by atoms with Crippen molar-refractivity contribution in [2.45, 2.75) is 57.9 Å². The number of hydrogen-bond donors (Lipinski definition) is 1. The number of aromatic nitrogens is 2. The maximum absolute atomic E-state index is 4.65. The topological polar surface area (TPSA) is 41.1 Å². The van der Waals surface area contributed by atoms with Crippen LogP contribution in [-0.4, -0.2) is 40.0 Å². The van der Waals surface area contributed by atoms with Crippen LogP contribution >= 0.6 is 0 Å². The van der Waals surface area contributed by atoms with Gasteiger partial charge in [-0.1, -0.05) is 6.92 Å². The average Bonchev–Trinajstić information content (AvgIpc) is 2.95. The molecule has 0 amide bonds. The van der Waals surface area contributed by atoms with E-state index in [2.05, 4.69) is 40.1 Å². The lowest BCUT2D eigenvalue weighted by atomic mass is 9.94. The Labute approximate surface area is 122 Å². The summed E-state index contributed by atoms with van der Waals surface area (Å²) >= 11 is 0. The molecule has 0 aromatic carbocycles. The summed E-state index contributed by atoms with van der Waals surface area (Å²) in [6.45, 7) is 7.83. The lowest BCUT2D eigenvalue weighted by Crippen LogP contribution is -2.44. The van der Waals surface area contributed by atoms with Gasteiger partial charge in [-0.25, -0.2) is 9.97 Å². The van der Waals surface area contributed by atoms with Crippen molar-refractivity contribution in [1.29, 1.82) is 0 Å². The van der Waals surface area contributed by atoms with Crippen molar-refractivity contribution >= 4 is 5.82 Å². The van der Waals surface area contributed by atoms with E-state index in [-0.39, 0.29) is 0 Å². The second-order valence-corrected chi connectivity index (χ2v) is 6.33. The summed E-state index contributed by atoms with van der Waals surface area (Å²) in [7, 11) is 0. The monoisotopic (exact) mass is 274 g/mol. The smallest absolute Gasteiger partial charge is 0.130 e. The summed E-state index contributed by atoms with van der Waals surface area (Å²) in [6.07, 6.45) is 7.45. The Bertz CT molecular complexity index is 462. The van der Waals surface area contributed by atoms with Gasteiger partial charge in [0.1, 0.15) is 11.6 Å². The summed E-state index contributed by atoms with van der Waals surface area (Å²) in [6, 6.07) is 2.07. The Morgan fingerprint density at radius 3 is 2.70 bits per heavy atom. The van der Waals surface area contributed by atoms with Crippen LogP contribution in [0.2, 0.25) is 0 Å². The molecular weight excluding hydrogens is 248 g/mol. The Kier molecular flexibility index (Phi) is 3.92. The second kappa shape index (κ2) is 5.68. The highest BCUT2D eigenvalue weighted by Gasteiger charge is 2.43. The highest BCUT2D eigenvalue weighted by molar-refractivity contribution is 5.36. The van der Waals surface area contributed by atoms with Crippen LogP contribution in [0.15, 0.2) is 6.07 Å². The SMILES string of the molecule is CCCc1nc(C)cc(NCC23CCCN2CCC3)n1. The van der Waals surface area contributed by atoms with Crippen molar-refractivity contribution in [3.63, 3.8) is 0 Å². The number of rotatable bonds is 5. The summed E-state index contributed by atoms with van der Waals surface area (Å²) in [5.74, 6) is 1.98. The van der Waals surface area contributed by atoms with Crippen molar-refractivity contribution < 1.29 is 0 Å². The van der Waals surface area contributed by atoms with Crippen molar-refractivity contribution in [3.05, 3.63) is 17.6 Å². The van der Waals surface area contributed by atoms with Gasteiger partial charge in [0.25, 0.3) is 0 Å². The van der Waals surface area contributed by atoms with Crippen LogP contribution in [0.1, 0.15) is 50.5 Å². The molecule has 0 radical (unpaired) electrons. The normalized spacial score (nSPS) is 21.1. The van der Waals surface area contributed by atoms with Gasteiger partial charge in [-0.05, 0) is 52.1 Å². The molecule has 20 heavy (non-hydrogen) atoms. The third kappa shape index (κ3) is 2.66. The number of aryl methyl sites for hydroxylation is 2. The molecule has 1 aromatic rings. The molecule has 4 heteroatoms. The fourth-order valence-electron chi connectivity index (χ4n) is 3.82. The fourth-order valence-corrected chi connectivity index (χ4v) is 3.82. The predicted octanol–water partition coefficient (Wildman–Crippen LogP) is 2.78. The van der Waals surface area contributed by atoms with Gasteiger partial charge >= 0.3 is 0 Å². The van der Waals surface area contributed by atoms with Crippen LogP contribution < -0.4 is 5.32 Å². The van der Waals surface area contributed by atoms with E-state index in [0.29, 0.717) is 5.54 Å². The van der Waals surface area contributed by atoms with E-state index in [1.807, 2.05) is 0 Å². The Morgan fingerprint density at radius 1 is 1.25 bits per heavy atom. The minimum atomic E-state index is 0.407. The molecule has 2 aliphatic heterocycles. The number of fused-ring (bicyclic) bond motifs is 1. The lowest BCUT2D eigenvalue weighted by molar-refractivity contribution is 0.209. The van der Waals surface area contributed by atoms with E-state index in [1.165, 1.54) is 38.8 Å². The average molecular weight is 274 g/mol. The highest BCUT2D eigenvalue weighted by Crippen LogP contribution is 2.38. The summed E-state index contributed by atoms with van der Waals surface area (Å²) < 4.78 is 0. The van der Waals surface area contributed by atoms with Gasteiger partial charge in [-0.15, -0.1) is 0 Å². The largest absolute Gasteiger partial charge is 0.368 e. The summed E-state index contributed by atoms with van der Waals surface area (Å²) in [5.41, 5.74) is 1.47. The van der Waals surface area contributed by atoms with Crippen LogP contribution in [0.25, 0.3) is 0 Å². The van der Waals surface area contributed by atoms with Crippen molar-refractivity contribution in [3.8, 4) is 0 Å². The summed E-state index contributed by atoms with van der Waals surface area (Å²) in [5, 5.41) is 3.60. The van der Waals surface area contributed by atoms with E-state index < -0.39 is 0 Å². The molecule has 0 spiro atoms. The van der Waals surface area contributed by atoms with Gasteiger partial charge in [0.2, 0.25) is 0 Å². The first-order chi connectivity index (χ1) is 9.72. The van der Waals surface area contributed by atoms with Crippen LogP contribution in [0.4, 0.5) is 5.82 Å². The zero-order valence-corrected chi connectivity index (χ0v) is 12.8. The highest BCUT2D eigenvalue weighted by atomic mass is 15.3. The third-order valence-corrected chi connectivity index (χ3v) is 4.78. The first kappa shape index (κ1) is 13.8. The quantitative estimate of drug-likeness (QED) is 0.896. The molecule has 3 heterocycles. The van der Waals surface area contributed by atoms with E-state index in [1.54, 1.807) is 0 Å². The number of anilines is 1. The molecule has 2 saturated heterocycles. The van der Waals surface area contributed by atoms with Gasteiger partial charge in [0, 0.05) is 30.3 Å². The van der Waals surface area contributed by atoms with Crippen LogP contribution in [0, 0.1) is 6.92 Å². The molecule has 0 bridgehead atoms. The number of nitrogens with one attached hydrogen (secondary N) is 1. The van der Waals surface area contributed by atoms with Gasteiger partial charge in [-0.2, -0.15) is 0 Å². The van der Waals surface area contributed by atoms with E-state index in [0.717, 1.165) is 36.7 Å². The molecule has 4 nitrogen and oxygen atoms in total. The van der Waals surface area contributed by atoms with Gasteiger partial charge in [-0.3, -0.25) is 4.90 Å². The van der Waals surface area contributed by atoms with Crippen LogP contribution in [-0.2, 0) is 6.42 Å². The Hall–Kier alpha value is -1.16. The molecule has 0 atom stereocenters. The molecule has 0 saturated carbocycles. The number of nitrogens with zero attached hydrogens (tertiary/aromatic N) is 3. The van der Waals surface area contributed by atoms with Gasteiger partial charge < -0.3 is 5.32 Å². The third-order valence-electron chi connectivity index (χ3n) is 4.78. The van der Waals surface area contributed by atoms with Crippen LogP contribution in [0.5, 0.6) is 0 Å². The standard InChI is InChI=1S/C16H26N4/c1-3-6-14-18-13(2)11-15(19-14)17-12-16-7-4-9-20(16)10-5-8-16/h11H,3-10,12H2,1-2H3,(H,17,18,19). The lowest BCUT2D eigenvalue weighted by Gasteiger charge is -2.32. The van der Waals surface area contributed by atoms with E-state index in [4.69, 9.17) is 0 Å². The molecule has 3 rings (SSSR count). The molecule has 0 aliphatic carbocycles. The van der Waals surface area contributed by atoms with E-state index >= 15 is 0 Å². The Balaban J connectivity index is 1.69. The zero-order valence-electron chi connectivity index (χ0n) is 12.8. The molecule has 110 valence electrons. The van der Waals surface area contributed by atoms with Crippen LogP contribution in [0.3, 0.4) is 0 Å². The van der Waals surface area contributed by atoms with Crippen molar-refractivity contribution in [2.75, 3.05) is 25.0 Å². The van der Waals surface area contributed by atoms with Gasteiger partial charge in [0.15, 0.2) is 0 Å². The molecule has 2 fully saturated rings. The van der Waals surface area contributed by atoms with Crippen molar-refractivity contribution in [2.24, 2.45) is 0 Å². The maximum atomic E-state index is 4.65. The second-order valence-electron chi connectivity index (χ2n) is 6.33. The molecule has 1 N–H and O–H groups in total. The molecule has 2 aliphatic rings. The minimum absolute atomic E-state index is 0.407. The molecule has 0 unspecified atom stereocenters. The first-order valence-corrected chi connectivity index (χ1v) is 8.05. The number of hydrogen-bond acceptors (Lipinski definition) is 4. The Morgan fingerprint density at radius 2 is 2.00 bits per heavy atom. The van der Waals surface area contributed by atoms with E-state index in [9.17, 15) is 0 Å².